The maximum atomic E-state index is 11.7. The van der Waals surface area contributed by atoms with Crippen molar-refractivity contribution in [3.05, 3.63) is 0 Å². The first-order valence-electron chi connectivity index (χ1n) is 7.78. The molecular formula is C16H30N2O4. The molecule has 1 aliphatic heterocycles. The number of rotatable bonds is 2. The average Bonchev–Trinajstić information content (AvgIpc) is 2.77. The van der Waals surface area contributed by atoms with Gasteiger partial charge < -0.3 is 20.1 Å². The second kappa shape index (κ2) is 6.86. The Morgan fingerprint density at radius 3 is 1.91 bits per heavy atom. The maximum absolute atomic E-state index is 11.7. The first-order chi connectivity index (χ1) is 9.98. The van der Waals surface area contributed by atoms with Gasteiger partial charge in [-0.15, -0.1) is 0 Å². The normalized spacial score (nSPS) is 26.5. The molecule has 0 aromatic rings. The lowest BCUT2D eigenvalue weighted by Gasteiger charge is -2.25. The highest BCUT2D eigenvalue weighted by Gasteiger charge is 2.56. The highest BCUT2D eigenvalue weighted by molar-refractivity contribution is 5.69. The van der Waals surface area contributed by atoms with Gasteiger partial charge in [0.25, 0.3) is 6.47 Å². The van der Waals surface area contributed by atoms with Crippen LogP contribution in [0.4, 0.5) is 4.79 Å². The highest BCUT2D eigenvalue weighted by Crippen LogP contribution is 2.51. The lowest BCUT2D eigenvalue weighted by Crippen LogP contribution is -2.37. The molecule has 0 spiro atoms. The molecular weight excluding hydrogens is 284 g/mol. The van der Waals surface area contributed by atoms with Gasteiger partial charge in [-0.25, -0.2) is 4.79 Å². The molecule has 6 nitrogen and oxygen atoms in total. The zero-order valence-corrected chi connectivity index (χ0v) is 14.6. The summed E-state index contributed by atoms with van der Waals surface area (Å²) in [6.07, 6.45) is -0.175. The highest BCUT2D eigenvalue weighted by atomic mass is 16.6. The van der Waals surface area contributed by atoms with Crippen LogP contribution in [0.1, 0.15) is 41.5 Å². The predicted molar refractivity (Wildman–Crippen MR) is 84.2 cm³/mol. The fourth-order valence-electron chi connectivity index (χ4n) is 2.62. The Labute approximate surface area is 133 Å². The third-order valence-electron chi connectivity index (χ3n) is 3.70. The molecule has 2 rings (SSSR count). The van der Waals surface area contributed by atoms with Crippen molar-refractivity contribution < 1.29 is 19.1 Å². The molecule has 128 valence electrons. The number of nitrogens with zero attached hydrogens (tertiary/aromatic N) is 1. The first kappa shape index (κ1) is 18.7. The number of ether oxygens (including phenoxy) is 2. The molecule has 2 unspecified atom stereocenters. The number of carbonyl (C=O) groups excluding carboxylic acids is 2. The van der Waals surface area contributed by atoms with Gasteiger partial charge in [0.1, 0.15) is 11.2 Å². The van der Waals surface area contributed by atoms with E-state index < -0.39 is 5.60 Å². The summed E-state index contributed by atoms with van der Waals surface area (Å²) in [4.78, 5) is 23.1. The van der Waals surface area contributed by atoms with Crippen molar-refractivity contribution >= 4 is 12.6 Å². The van der Waals surface area contributed by atoms with Crippen molar-refractivity contribution in [1.29, 1.82) is 0 Å². The molecule has 0 bridgehead atoms. The maximum Gasteiger partial charge on any atom is 0.410 e. The Bertz CT molecular complexity index is 386. The van der Waals surface area contributed by atoms with Crippen LogP contribution in [0.5, 0.6) is 0 Å². The van der Waals surface area contributed by atoms with E-state index in [0.717, 1.165) is 19.6 Å². The van der Waals surface area contributed by atoms with E-state index in [1.54, 1.807) is 0 Å². The van der Waals surface area contributed by atoms with Crippen molar-refractivity contribution in [2.24, 2.45) is 23.5 Å². The van der Waals surface area contributed by atoms with Crippen molar-refractivity contribution in [3.8, 4) is 0 Å². The Morgan fingerprint density at radius 1 is 1.14 bits per heavy atom. The molecule has 0 radical (unpaired) electrons. The fourth-order valence-corrected chi connectivity index (χ4v) is 2.62. The standard InChI is InChI=1S/C11H20N2O2.C5H10O2/c1-11(2,3)15-10(14)13-5-8-7(4-12)9(8)6-13;1-5(2,3)7-4-6/h7-9H,4-6,12H2,1-3H3;4H,1-3H3. The lowest BCUT2D eigenvalue weighted by molar-refractivity contribution is -0.138. The number of hydrogen-bond acceptors (Lipinski definition) is 5. The molecule has 2 atom stereocenters. The molecule has 2 N–H and O–H groups in total. The summed E-state index contributed by atoms with van der Waals surface area (Å²) in [7, 11) is 0. The molecule has 22 heavy (non-hydrogen) atoms. The first-order valence-corrected chi connectivity index (χ1v) is 7.78. The molecule has 0 aromatic carbocycles. The molecule has 2 aliphatic rings. The summed E-state index contributed by atoms with van der Waals surface area (Å²) in [5, 5.41) is 0. The van der Waals surface area contributed by atoms with Crippen LogP contribution in [-0.4, -0.2) is 48.3 Å². The van der Waals surface area contributed by atoms with Crippen LogP contribution in [0.25, 0.3) is 0 Å². The number of carbonyl (C=O) groups is 2. The number of nitrogens with two attached hydrogens (primary N) is 1. The Kier molecular flexibility index (Phi) is 5.84. The second-order valence-electron chi connectivity index (χ2n) is 7.94. The monoisotopic (exact) mass is 314 g/mol. The van der Waals surface area contributed by atoms with E-state index in [2.05, 4.69) is 4.74 Å². The van der Waals surface area contributed by atoms with Crippen LogP contribution in [-0.2, 0) is 14.3 Å². The molecule has 2 fully saturated rings. The number of likely N-dealkylation sites (tertiary alicyclic amines) is 1. The fraction of sp³-hybridized carbons (Fsp3) is 0.875. The van der Waals surface area contributed by atoms with Gasteiger partial charge in [-0.2, -0.15) is 0 Å². The summed E-state index contributed by atoms with van der Waals surface area (Å²) in [5.74, 6) is 1.94. The van der Waals surface area contributed by atoms with Crippen molar-refractivity contribution in [3.63, 3.8) is 0 Å². The summed E-state index contributed by atoms with van der Waals surface area (Å²) in [6, 6.07) is 0. The van der Waals surface area contributed by atoms with Gasteiger partial charge in [0, 0.05) is 13.1 Å². The molecule has 1 amide bonds. The second-order valence-corrected chi connectivity index (χ2v) is 7.94. The summed E-state index contributed by atoms with van der Waals surface area (Å²) < 4.78 is 9.86. The van der Waals surface area contributed by atoms with Crippen molar-refractivity contribution in [1.82, 2.24) is 4.90 Å². The zero-order valence-electron chi connectivity index (χ0n) is 14.6. The number of fused-ring (bicyclic) bond motifs is 1. The third-order valence-corrected chi connectivity index (χ3v) is 3.70. The van der Waals surface area contributed by atoms with Gasteiger partial charge in [0.05, 0.1) is 0 Å². The number of piperidine rings is 1. The number of hydrogen-bond donors (Lipinski definition) is 1. The summed E-state index contributed by atoms with van der Waals surface area (Å²) >= 11 is 0. The van der Waals surface area contributed by atoms with Crippen LogP contribution in [0.2, 0.25) is 0 Å². The van der Waals surface area contributed by atoms with E-state index >= 15 is 0 Å². The van der Waals surface area contributed by atoms with Crippen LogP contribution in [0, 0.1) is 17.8 Å². The smallest absolute Gasteiger partial charge is 0.410 e. The van der Waals surface area contributed by atoms with Crippen LogP contribution >= 0.6 is 0 Å². The van der Waals surface area contributed by atoms with Crippen molar-refractivity contribution in [2.75, 3.05) is 19.6 Å². The van der Waals surface area contributed by atoms with E-state index in [0.29, 0.717) is 24.2 Å². The van der Waals surface area contributed by atoms with Gasteiger partial charge in [0.15, 0.2) is 0 Å². The third kappa shape index (κ3) is 5.83. The molecule has 0 aromatic heterocycles. The largest absolute Gasteiger partial charge is 0.462 e. The average molecular weight is 314 g/mol. The van der Waals surface area contributed by atoms with E-state index in [-0.39, 0.29) is 11.7 Å². The van der Waals surface area contributed by atoms with Crippen molar-refractivity contribution in [2.45, 2.75) is 52.7 Å². The van der Waals surface area contributed by atoms with E-state index in [4.69, 9.17) is 10.5 Å². The Hall–Kier alpha value is -1.30. The topological polar surface area (TPSA) is 81.9 Å². The molecule has 6 heteroatoms. The predicted octanol–water partition coefficient (Wildman–Crippen LogP) is 2.02. The van der Waals surface area contributed by atoms with Gasteiger partial charge in [-0.05, 0) is 65.8 Å². The molecule has 1 aliphatic carbocycles. The summed E-state index contributed by atoms with van der Waals surface area (Å²) in [6.45, 7) is 14.0. The quantitative estimate of drug-likeness (QED) is 0.789. The minimum absolute atomic E-state index is 0.175. The molecule has 1 heterocycles. The zero-order chi connectivity index (χ0) is 17.1. The lowest BCUT2D eigenvalue weighted by atomic mass is 10.2. The molecule has 1 saturated heterocycles. The van der Waals surface area contributed by atoms with E-state index in [1.807, 2.05) is 46.4 Å². The van der Waals surface area contributed by atoms with Gasteiger partial charge in [-0.1, -0.05) is 0 Å². The van der Waals surface area contributed by atoms with Crippen LogP contribution in [0.3, 0.4) is 0 Å². The minimum atomic E-state index is -0.392. The summed E-state index contributed by atoms with van der Waals surface area (Å²) in [5.41, 5.74) is 4.90. The van der Waals surface area contributed by atoms with Gasteiger partial charge in [-0.3, -0.25) is 4.79 Å². The number of amides is 1. The Balaban J connectivity index is 0.000000295. The van der Waals surface area contributed by atoms with Gasteiger partial charge >= 0.3 is 6.09 Å². The molecule has 1 saturated carbocycles. The van der Waals surface area contributed by atoms with Crippen LogP contribution < -0.4 is 5.73 Å². The minimum Gasteiger partial charge on any atom is -0.462 e. The Morgan fingerprint density at radius 2 is 1.64 bits per heavy atom. The van der Waals surface area contributed by atoms with E-state index in [9.17, 15) is 9.59 Å². The van der Waals surface area contributed by atoms with E-state index in [1.165, 1.54) is 0 Å². The van der Waals surface area contributed by atoms with Crippen LogP contribution in [0.15, 0.2) is 0 Å². The van der Waals surface area contributed by atoms with Gasteiger partial charge in [0.2, 0.25) is 0 Å². The SMILES string of the molecule is CC(C)(C)OC(=O)N1CC2C(CN)C2C1.CC(C)(C)OC=O.